The lowest BCUT2D eigenvalue weighted by Crippen LogP contribution is -2.30. The van der Waals surface area contributed by atoms with Gasteiger partial charge in [0.2, 0.25) is 0 Å². The van der Waals surface area contributed by atoms with Crippen LogP contribution in [0.1, 0.15) is 22.3 Å². The molecule has 1 amide bonds. The van der Waals surface area contributed by atoms with Crippen molar-refractivity contribution >= 4 is 17.5 Å². The molecule has 0 spiro atoms. The molecule has 18 heavy (non-hydrogen) atoms. The number of likely N-dealkylation sites (tertiary alicyclic amines) is 1. The van der Waals surface area contributed by atoms with Crippen LogP contribution in [0.15, 0.2) is 12.1 Å². The van der Waals surface area contributed by atoms with Gasteiger partial charge in [0.05, 0.1) is 0 Å². The fourth-order valence-corrected chi connectivity index (χ4v) is 2.41. The maximum atomic E-state index is 13.8. The van der Waals surface area contributed by atoms with Crippen LogP contribution < -0.4 is 0 Å². The van der Waals surface area contributed by atoms with Crippen LogP contribution in [0.5, 0.6) is 0 Å². The van der Waals surface area contributed by atoms with Gasteiger partial charge in [-0.3, -0.25) is 4.79 Å². The number of hydrogen-bond donors (Lipinski definition) is 0. The van der Waals surface area contributed by atoms with Crippen molar-refractivity contribution in [1.29, 1.82) is 0 Å². The van der Waals surface area contributed by atoms with Crippen LogP contribution in [0.4, 0.5) is 8.78 Å². The molecule has 1 aromatic carbocycles. The summed E-state index contributed by atoms with van der Waals surface area (Å²) in [6.07, 6.45) is 0.782. The van der Waals surface area contributed by atoms with Crippen molar-refractivity contribution in [3.8, 4) is 0 Å². The molecule has 2 rings (SSSR count). The summed E-state index contributed by atoms with van der Waals surface area (Å²) in [4.78, 5) is 13.6. The Labute approximate surface area is 110 Å². The van der Waals surface area contributed by atoms with E-state index in [0.29, 0.717) is 19.0 Å². The van der Waals surface area contributed by atoms with E-state index in [9.17, 15) is 13.6 Å². The van der Waals surface area contributed by atoms with Crippen LogP contribution in [0.25, 0.3) is 0 Å². The van der Waals surface area contributed by atoms with Crippen LogP contribution in [-0.2, 0) is 0 Å². The lowest BCUT2D eigenvalue weighted by Gasteiger charge is -2.17. The van der Waals surface area contributed by atoms with Crippen LogP contribution in [0, 0.1) is 24.5 Å². The molecule has 0 aromatic heterocycles. The highest BCUT2D eigenvalue weighted by Gasteiger charge is 2.30. The molecule has 0 saturated carbocycles. The summed E-state index contributed by atoms with van der Waals surface area (Å²) < 4.78 is 27.4. The molecule has 1 fully saturated rings. The maximum absolute atomic E-state index is 13.8. The van der Waals surface area contributed by atoms with Crippen LogP contribution in [0.2, 0.25) is 0 Å². The van der Waals surface area contributed by atoms with E-state index in [1.54, 1.807) is 0 Å². The molecule has 1 aliphatic heterocycles. The average molecular weight is 274 g/mol. The first-order valence-electron chi connectivity index (χ1n) is 5.84. The van der Waals surface area contributed by atoms with Crippen molar-refractivity contribution in [3.63, 3.8) is 0 Å². The van der Waals surface area contributed by atoms with Crippen molar-refractivity contribution in [2.24, 2.45) is 5.92 Å². The molecule has 98 valence electrons. The SMILES string of the molecule is Cc1ccc(F)c(C(=O)N2CCC(CCl)C2)c1F. The van der Waals surface area contributed by atoms with E-state index >= 15 is 0 Å². The summed E-state index contributed by atoms with van der Waals surface area (Å²) in [5.41, 5.74) is -0.182. The van der Waals surface area contributed by atoms with Gasteiger partial charge in [-0.05, 0) is 30.9 Å². The zero-order valence-corrected chi connectivity index (χ0v) is 10.8. The average Bonchev–Trinajstić information content (AvgIpc) is 2.83. The third-order valence-electron chi connectivity index (χ3n) is 3.29. The molecule has 0 radical (unpaired) electrons. The number of alkyl halides is 1. The van der Waals surface area contributed by atoms with Gasteiger partial charge >= 0.3 is 0 Å². The van der Waals surface area contributed by atoms with Crippen LogP contribution >= 0.6 is 11.6 Å². The molecule has 1 unspecified atom stereocenters. The Morgan fingerprint density at radius 1 is 1.50 bits per heavy atom. The summed E-state index contributed by atoms with van der Waals surface area (Å²) >= 11 is 5.73. The molecule has 5 heteroatoms. The van der Waals surface area contributed by atoms with Gasteiger partial charge in [-0.2, -0.15) is 0 Å². The smallest absolute Gasteiger partial charge is 0.259 e. The summed E-state index contributed by atoms with van der Waals surface area (Å²) in [6.45, 7) is 2.48. The van der Waals surface area contributed by atoms with E-state index in [1.165, 1.54) is 17.9 Å². The zero-order chi connectivity index (χ0) is 13.3. The van der Waals surface area contributed by atoms with Crippen molar-refractivity contribution in [3.05, 3.63) is 34.9 Å². The van der Waals surface area contributed by atoms with E-state index < -0.39 is 23.1 Å². The van der Waals surface area contributed by atoms with E-state index in [0.717, 1.165) is 12.5 Å². The highest BCUT2D eigenvalue weighted by Crippen LogP contribution is 2.23. The third-order valence-corrected chi connectivity index (χ3v) is 3.73. The normalized spacial score (nSPS) is 19.3. The van der Waals surface area contributed by atoms with Gasteiger partial charge in [0.1, 0.15) is 17.2 Å². The van der Waals surface area contributed by atoms with Crippen molar-refractivity contribution in [2.45, 2.75) is 13.3 Å². The highest BCUT2D eigenvalue weighted by atomic mass is 35.5. The number of carbonyl (C=O) groups excluding carboxylic acids is 1. The van der Waals surface area contributed by atoms with E-state index in [-0.39, 0.29) is 11.5 Å². The van der Waals surface area contributed by atoms with Crippen molar-refractivity contribution in [1.82, 2.24) is 4.90 Å². The Morgan fingerprint density at radius 2 is 2.22 bits per heavy atom. The number of nitrogens with zero attached hydrogens (tertiary/aromatic N) is 1. The first kappa shape index (κ1) is 13.3. The molecule has 0 aliphatic carbocycles. The molecule has 1 aromatic rings. The fourth-order valence-electron chi connectivity index (χ4n) is 2.15. The molecule has 1 aliphatic rings. The Kier molecular flexibility index (Phi) is 3.85. The van der Waals surface area contributed by atoms with E-state index in [1.807, 2.05) is 0 Å². The Hall–Kier alpha value is -1.16. The zero-order valence-electron chi connectivity index (χ0n) is 10.0. The Balaban J connectivity index is 2.27. The van der Waals surface area contributed by atoms with Crippen molar-refractivity contribution in [2.75, 3.05) is 19.0 Å². The number of rotatable bonds is 2. The molecule has 1 atom stereocenters. The lowest BCUT2D eigenvalue weighted by atomic mass is 10.1. The van der Waals surface area contributed by atoms with E-state index in [4.69, 9.17) is 11.6 Å². The van der Waals surface area contributed by atoms with Crippen LogP contribution in [0.3, 0.4) is 0 Å². The molecule has 1 saturated heterocycles. The van der Waals surface area contributed by atoms with Gasteiger partial charge in [0.15, 0.2) is 0 Å². The quantitative estimate of drug-likeness (QED) is 0.759. The second kappa shape index (κ2) is 5.22. The van der Waals surface area contributed by atoms with E-state index in [2.05, 4.69) is 0 Å². The molecule has 2 nitrogen and oxygen atoms in total. The monoisotopic (exact) mass is 273 g/mol. The minimum atomic E-state index is -0.808. The number of halogens is 3. The minimum Gasteiger partial charge on any atom is -0.338 e. The third kappa shape index (κ3) is 2.34. The Bertz CT molecular complexity index is 478. The topological polar surface area (TPSA) is 20.3 Å². The summed E-state index contributed by atoms with van der Waals surface area (Å²) in [7, 11) is 0. The highest BCUT2D eigenvalue weighted by molar-refractivity contribution is 6.18. The van der Waals surface area contributed by atoms with Gasteiger partial charge in [0.25, 0.3) is 5.91 Å². The van der Waals surface area contributed by atoms with Gasteiger partial charge in [-0.1, -0.05) is 6.07 Å². The summed E-state index contributed by atoms with van der Waals surface area (Å²) in [6, 6.07) is 2.45. The predicted octanol–water partition coefficient (Wildman–Crippen LogP) is 2.97. The first-order valence-corrected chi connectivity index (χ1v) is 6.38. The molecule has 1 heterocycles. The second-order valence-corrected chi connectivity index (χ2v) is 4.92. The molecular formula is C13H14ClF2NO. The standard InChI is InChI=1S/C13H14ClF2NO/c1-8-2-3-10(15)11(12(8)16)13(18)17-5-4-9(6-14)7-17/h2-3,9H,4-7H2,1H3. The van der Waals surface area contributed by atoms with Crippen molar-refractivity contribution < 1.29 is 13.6 Å². The lowest BCUT2D eigenvalue weighted by molar-refractivity contribution is 0.0778. The molecular weight excluding hydrogens is 260 g/mol. The predicted molar refractivity (Wildman–Crippen MR) is 65.8 cm³/mol. The molecule has 0 bridgehead atoms. The molecule has 0 N–H and O–H groups in total. The van der Waals surface area contributed by atoms with Gasteiger partial charge in [-0.15, -0.1) is 11.6 Å². The van der Waals surface area contributed by atoms with Gasteiger partial charge < -0.3 is 4.90 Å². The summed E-state index contributed by atoms with van der Waals surface area (Å²) in [5, 5.41) is 0. The first-order chi connectivity index (χ1) is 8.54. The van der Waals surface area contributed by atoms with Crippen LogP contribution in [-0.4, -0.2) is 29.8 Å². The number of hydrogen-bond acceptors (Lipinski definition) is 1. The number of benzene rings is 1. The number of amides is 1. The number of carbonyl (C=O) groups is 1. The largest absolute Gasteiger partial charge is 0.338 e. The number of aryl methyl sites for hydroxylation is 1. The fraction of sp³-hybridized carbons (Fsp3) is 0.462. The minimum absolute atomic E-state index is 0.214. The second-order valence-electron chi connectivity index (χ2n) is 4.61. The Morgan fingerprint density at radius 3 is 2.83 bits per heavy atom. The summed E-state index contributed by atoms with van der Waals surface area (Å²) in [5.74, 6) is -1.48. The van der Waals surface area contributed by atoms with Gasteiger partial charge in [0, 0.05) is 19.0 Å². The maximum Gasteiger partial charge on any atom is 0.259 e. The van der Waals surface area contributed by atoms with Gasteiger partial charge in [-0.25, -0.2) is 8.78 Å².